The second kappa shape index (κ2) is 3.83. The molecule has 0 spiro atoms. The van der Waals surface area contributed by atoms with Gasteiger partial charge in [0.25, 0.3) is 0 Å². The lowest BCUT2D eigenvalue weighted by Crippen LogP contribution is -2.48. The molecule has 1 aliphatic rings. The summed E-state index contributed by atoms with van der Waals surface area (Å²) in [6.07, 6.45) is -4.18. The third-order valence-electron chi connectivity index (χ3n) is 2.21. The molecule has 1 fully saturated rings. The van der Waals surface area contributed by atoms with Crippen LogP contribution in [0.25, 0.3) is 0 Å². The SMILES string of the molecule is C=C(B1O[C@@H](C)CC(C)(C)O1)C(F)(F)F. The number of halogens is 3. The number of hydrogen-bond donors (Lipinski definition) is 0. The van der Waals surface area contributed by atoms with Crippen LogP contribution >= 0.6 is 0 Å². The number of alkyl halides is 3. The molecule has 1 atom stereocenters. The first-order valence-electron chi connectivity index (χ1n) is 4.71. The molecule has 0 bridgehead atoms. The maximum Gasteiger partial charge on any atom is 0.498 e. The molecule has 1 saturated heterocycles. The highest BCUT2D eigenvalue weighted by molar-refractivity contribution is 6.54. The summed E-state index contributed by atoms with van der Waals surface area (Å²) in [7, 11) is -1.39. The van der Waals surface area contributed by atoms with E-state index in [1.165, 1.54) is 0 Å². The van der Waals surface area contributed by atoms with Crippen LogP contribution < -0.4 is 0 Å². The Labute approximate surface area is 87.6 Å². The quantitative estimate of drug-likeness (QED) is 0.635. The Morgan fingerprint density at radius 2 is 2.00 bits per heavy atom. The van der Waals surface area contributed by atoms with E-state index in [9.17, 15) is 13.2 Å². The molecule has 0 aromatic heterocycles. The highest BCUT2D eigenvalue weighted by atomic mass is 19.4. The van der Waals surface area contributed by atoms with Crippen molar-refractivity contribution in [1.82, 2.24) is 0 Å². The third-order valence-corrected chi connectivity index (χ3v) is 2.21. The molecule has 0 aromatic rings. The minimum Gasteiger partial charge on any atom is -0.405 e. The summed E-state index contributed by atoms with van der Waals surface area (Å²) in [5, 5.41) is 0. The van der Waals surface area contributed by atoms with Crippen molar-refractivity contribution in [3.05, 3.63) is 12.1 Å². The Kier molecular flexibility index (Phi) is 3.21. The van der Waals surface area contributed by atoms with Crippen molar-refractivity contribution in [3.8, 4) is 0 Å². The van der Waals surface area contributed by atoms with Crippen LogP contribution in [0.15, 0.2) is 12.1 Å². The third kappa shape index (κ3) is 3.24. The minimum absolute atomic E-state index is 0.266. The van der Waals surface area contributed by atoms with Crippen molar-refractivity contribution >= 4 is 7.12 Å². The molecule has 6 heteroatoms. The first-order chi connectivity index (χ1) is 6.62. The summed E-state index contributed by atoms with van der Waals surface area (Å²) in [6.45, 7) is 8.18. The Hall–Kier alpha value is -0.485. The fourth-order valence-corrected chi connectivity index (χ4v) is 1.60. The monoisotopic (exact) mass is 222 g/mol. The Morgan fingerprint density at radius 1 is 1.47 bits per heavy atom. The van der Waals surface area contributed by atoms with Crippen LogP contribution in [0.5, 0.6) is 0 Å². The Balaban J connectivity index is 2.75. The van der Waals surface area contributed by atoms with E-state index in [0.717, 1.165) is 0 Å². The molecule has 1 heterocycles. The van der Waals surface area contributed by atoms with E-state index in [4.69, 9.17) is 9.31 Å². The van der Waals surface area contributed by atoms with Crippen LogP contribution in [-0.2, 0) is 9.31 Å². The standard InChI is InChI=1S/C9H14BF3O2/c1-6-5-8(3,4)15-10(14-6)7(2)9(11,12)13/h6H,2,5H2,1,3-4H3/t6-/m0/s1. The molecular formula is C9H14BF3O2. The zero-order valence-electron chi connectivity index (χ0n) is 9.02. The van der Waals surface area contributed by atoms with Crippen LogP contribution in [0.2, 0.25) is 0 Å². The average Bonchev–Trinajstić information content (AvgIpc) is 1.97. The molecule has 0 aromatic carbocycles. The topological polar surface area (TPSA) is 18.5 Å². The zero-order chi connectivity index (χ0) is 11.9. The van der Waals surface area contributed by atoms with Gasteiger partial charge >= 0.3 is 13.3 Å². The lowest BCUT2D eigenvalue weighted by molar-refractivity contribution is -0.0958. The van der Waals surface area contributed by atoms with Gasteiger partial charge in [-0.3, -0.25) is 0 Å². The maximum absolute atomic E-state index is 12.4. The molecule has 1 rings (SSSR count). The van der Waals surface area contributed by atoms with Crippen LogP contribution in [-0.4, -0.2) is 25.0 Å². The summed E-state index contributed by atoms with van der Waals surface area (Å²) >= 11 is 0. The zero-order valence-corrected chi connectivity index (χ0v) is 9.02. The van der Waals surface area contributed by atoms with Gasteiger partial charge in [0.15, 0.2) is 0 Å². The lowest BCUT2D eigenvalue weighted by atomic mass is 9.74. The van der Waals surface area contributed by atoms with Gasteiger partial charge in [-0.25, -0.2) is 0 Å². The Bertz CT molecular complexity index is 263. The van der Waals surface area contributed by atoms with E-state index >= 15 is 0 Å². The van der Waals surface area contributed by atoms with Gasteiger partial charge in [-0.15, -0.1) is 0 Å². The largest absolute Gasteiger partial charge is 0.498 e. The molecular weight excluding hydrogens is 208 g/mol. The molecule has 1 aliphatic heterocycles. The van der Waals surface area contributed by atoms with Gasteiger partial charge in [0.2, 0.25) is 0 Å². The van der Waals surface area contributed by atoms with Crippen molar-refractivity contribution < 1.29 is 22.5 Å². The fourth-order valence-electron chi connectivity index (χ4n) is 1.60. The van der Waals surface area contributed by atoms with E-state index < -0.39 is 24.4 Å². The fraction of sp³-hybridized carbons (Fsp3) is 0.778. The van der Waals surface area contributed by atoms with Gasteiger partial charge in [0.1, 0.15) is 0 Å². The number of allylic oxidation sites excluding steroid dienone is 1. The van der Waals surface area contributed by atoms with E-state index in [1.807, 2.05) is 0 Å². The number of rotatable bonds is 1. The van der Waals surface area contributed by atoms with Crippen LogP contribution in [0.3, 0.4) is 0 Å². The molecule has 0 saturated carbocycles. The first-order valence-corrected chi connectivity index (χ1v) is 4.71. The number of hydrogen-bond acceptors (Lipinski definition) is 2. The molecule has 15 heavy (non-hydrogen) atoms. The minimum atomic E-state index is -4.47. The summed E-state index contributed by atoms with van der Waals surface area (Å²) in [6, 6.07) is 0. The second-order valence-corrected chi connectivity index (χ2v) is 4.38. The summed E-state index contributed by atoms with van der Waals surface area (Å²) < 4.78 is 47.3. The van der Waals surface area contributed by atoms with E-state index in [-0.39, 0.29) is 6.10 Å². The van der Waals surface area contributed by atoms with Gasteiger partial charge in [0, 0.05) is 6.10 Å². The highest BCUT2D eigenvalue weighted by Gasteiger charge is 2.48. The normalized spacial score (nSPS) is 26.5. The molecule has 0 radical (unpaired) electrons. The lowest BCUT2D eigenvalue weighted by Gasteiger charge is -2.38. The average molecular weight is 222 g/mol. The molecule has 86 valence electrons. The van der Waals surface area contributed by atoms with Gasteiger partial charge in [0.05, 0.1) is 11.1 Å². The van der Waals surface area contributed by atoms with Gasteiger partial charge in [-0.1, -0.05) is 6.58 Å². The van der Waals surface area contributed by atoms with Crippen molar-refractivity contribution in [1.29, 1.82) is 0 Å². The molecule has 0 aliphatic carbocycles. The molecule has 0 unspecified atom stereocenters. The summed E-state index contributed by atoms with van der Waals surface area (Å²) in [5.41, 5.74) is -1.60. The van der Waals surface area contributed by atoms with Crippen LogP contribution in [0.1, 0.15) is 27.2 Å². The smallest absolute Gasteiger partial charge is 0.405 e. The molecule has 0 N–H and O–H groups in total. The van der Waals surface area contributed by atoms with Crippen molar-refractivity contribution in [3.63, 3.8) is 0 Å². The van der Waals surface area contributed by atoms with Crippen LogP contribution in [0.4, 0.5) is 13.2 Å². The van der Waals surface area contributed by atoms with E-state index in [0.29, 0.717) is 6.42 Å². The molecule has 2 nitrogen and oxygen atoms in total. The van der Waals surface area contributed by atoms with Gasteiger partial charge < -0.3 is 9.31 Å². The van der Waals surface area contributed by atoms with Crippen molar-refractivity contribution in [2.24, 2.45) is 0 Å². The van der Waals surface area contributed by atoms with Crippen LogP contribution in [0, 0.1) is 0 Å². The summed E-state index contributed by atoms with van der Waals surface area (Å²) in [4.78, 5) is 0. The first kappa shape index (κ1) is 12.6. The summed E-state index contributed by atoms with van der Waals surface area (Å²) in [5.74, 6) is 0. The Morgan fingerprint density at radius 3 is 2.40 bits per heavy atom. The van der Waals surface area contributed by atoms with Gasteiger partial charge in [-0.05, 0) is 27.2 Å². The van der Waals surface area contributed by atoms with Crippen molar-refractivity contribution in [2.45, 2.75) is 45.1 Å². The maximum atomic E-state index is 12.4. The predicted molar refractivity (Wildman–Crippen MR) is 51.3 cm³/mol. The second-order valence-electron chi connectivity index (χ2n) is 4.38. The predicted octanol–water partition coefficient (Wildman–Crippen LogP) is 2.74. The van der Waals surface area contributed by atoms with E-state index in [2.05, 4.69) is 6.58 Å². The van der Waals surface area contributed by atoms with Crippen molar-refractivity contribution in [2.75, 3.05) is 0 Å². The molecule has 0 amide bonds. The van der Waals surface area contributed by atoms with Gasteiger partial charge in [-0.2, -0.15) is 13.2 Å². The highest BCUT2D eigenvalue weighted by Crippen LogP contribution is 2.33. The van der Waals surface area contributed by atoms with E-state index in [1.54, 1.807) is 20.8 Å².